The number of rotatable bonds is 8. The van der Waals surface area contributed by atoms with Crippen LogP contribution in [-0.4, -0.2) is 38.5 Å². The molecule has 1 amide bonds. The van der Waals surface area contributed by atoms with Crippen molar-refractivity contribution in [2.75, 3.05) is 32.6 Å². The number of hydrogen-bond acceptors (Lipinski definition) is 3. The third-order valence-electron chi connectivity index (χ3n) is 4.67. The first-order chi connectivity index (χ1) is 12.8. The van der Waals surface area contributed by atoms with E-state index in [2.05, 4.69) is 31.3 Å². The number of halogens is 1. The number of nitrogens with one attached hydrogen (secondary N) is 1. The van der Waals surface area contributed by atoms with Gasteiger partial charge in [-0.1, -0.05) is 38.1 Å². The van der Waals surface area contributed by atoms with Crippen molar-refractivity contribution in [1.29, 1.82) is 0 Å². The molecule has 0 heterocycles. The molecule has 1 atom stereocenters. The summed E-state index contributed by atoms with van der Waals surface area (Å²) in [6.07, 6.45) is 0. The minimum absolute atomic E-state index is 0.00215. The lowest BCUT2D eigenvalue weighted by Gasteiger charge is -2.25. The molecule has 0 aliphatic heterocycles. The molecule has 0 saturated heterocycles. The standard InChI is InChI=1S/C22H30FN3O/c1-16(2)22(18-8-10-19(23)11-9-18)24-14-21(27)26(5)15-17-6-12-20(13-7-17)25(3)4/h6-13,16,22,24H,14-15H2,1-5H3/t22-/m1/s1. The van der Waals surface area contributed by atoms with Gasteiger partial charge in [0, 0.05) is 39.4 Å². The fraction of sp³-hybridized carbons (Fsp3) is 0.409. The van der Waals surface area contributed by atoms with Gasteiger partial charge >= 0.3 is 0 Å². The molecule has 0 aliphatic carbocycles. The Morgan fingerprint density at radius 3 is 2.11 bits per heavy atom. The number of benzene rings is 2. The first kappa shape index (κ1) is 20.9. The average Bonchev–Trinajstić information content (AvgIpc) is 2.63. The Morgan fingerprint density at radius 1 is 1.00 bits per heavy atom. The highest BCUT2D eigenvalue weighted by atomic mass is 19.1. The van der Waals surface area contributed by atoms with Crippen molar-refractivity contribution in [2.45, 2.75) is 26.4 Å². The molecular weight excluding hydrogens is 341 g/mol. The molecule has 146 valence electrons. The Morgan fingerprint density at radius 2 is 1.59 bits per heavy atom. The number of nitrogens with zero attached hydrogens (tertiary/aromatic N) is 2. The van der Waals surface area contributed by atoms with Gasteiger partial charge in [-0.3, -0.25) is 4.79 Å². The SMILES string of the molecule is CC(C)[C@@H](NCC(=O)N(C)Cc1ccc(N(C)C)cc1)c1ccc(F)cc1. The molecule has 0 spiro atoms. The fourth-order valence-electron chi connectivity index (χ4n) is 3.00. The van der Waals surface area contributed by atoms with Crippen molar-refractivity contribution < 1.29 is 9.18 Å². The highest BCUT2D eigenvalue weighted by Crippen LogP contribution is 2.21. The molecule has 0 radical (unpaired) electrons. The number of hydrogen-bond donors (Lipinski definition) is 1. The van der Waals surface area contributed by atoms with Crippen LogP contribution in [0.2, 0.25) is 0 Å². The van der Waals surface area contributed by atoms with E-state index in [1.165, 1.54) is 12.1 Å². The van der Waals surface area contributed by atoms with Gasteiger partial charge in [0.1, 0.15) is 5.82 Å². The van der Waals surface area contributed by atoms with E-state index in [0.29, 0.717) is 6.54 Å². The molecule has 2 rings (SSSR count). The minimum atomic E-state index is -0.252. The van der Waals surface area contributed by atoms with E-state index >= 15 is 0 Å². The van der Waals surface area contributed by atoms with Crippen LogP contribution < -0.4 is 10.2 Å². The third-order valence-corrected chi connectivity index (χ3v) is 4.67. The molecule has 0 unspecified atom stereocenters. The van der Waals surface area contributed by atoms with E-state index in [0.717, 1.165) is 16.8 Å². The summed E-state index contributed by atoms with van der Waals surface area (Å²) >= 11 is 0. The van der Waals surface area contributed by atoms with Crippen LogP contribution in [0.5, 0.6) is 0 Å². The van der Waals surface area contributed by atoms with Crippen LogP contribution in [0.1, 0.15) is 31.0 Å². The molecule has 0 saturated carbocycles. The Balaban J connectivity index is 1.93. The molecular formula is C22H30FN3O. The maximum atomic E-state index is 13.2. The summed E-state index contributed by atoms with van der Waals surface area (Å²) in [7, 11) is 5.82. The van der Waals surface area contributed by atoms with Crippen molar-refractivity contribution in [2.24, 2.45) is 5.92 Å². The summed E-state index contributed by atoms with van der Waals surface area (Å²) in [6, 6.07) is 14.6. The average molecular weight is 372 g/mol. The molecule has 4 nitrogen and oxygen atoms in total. The van der Waals surface area contributed by atoms with Crippen LogP contribution in [0.3, 0.4) is 0 Å². The molecule has 0 fully saturated rings. The molecule has 1 N–H and O–H groups in total. The molecule has 0 aliphatic rings. The van der Waals surface area contributed by atoms with Crippen molar-refractivity contribution in [3.63, 3.8) is 0 Å². The van der Waals surface area contributed by atoms with Gasteiger partial charge in [-0.15, -0.1) is 0 Å². The summed E-state index contributed by atoms with van der Waals surface area (Å²) in [5.41, 5.74) is 3.21. The largest absolute Gasteiger partial charge is 0.378 e. The van der Waals surface area contributed by atoms with Gasteiger partial charge in [-0.25, -0.2) is 4.39 Å². The van der Waals surface area contributed by atoms with E-state index in [-0.39, 0.29) is 30.2 Å². The zero-order chi connectivity index (χ0) is 20.0. The smallest absolute Gasteiger partial charge is 0.236 e. The second-order valence-corrected chi connectivity index (χ2v) is 7.46. The zero-order valence-corrected chi connectivity index (χ0v) is 16.9. The number of likely N-dealkylation sites (N-methyl/N-ethyl adjacent to an activating group) is 1. The van der Waals surface area contributed by atoms with Gasteiger partial charge in [-0.2, -0.15) is 0 Å². The zero-order valence-electron chi connectivity index (χ0n) is 16.9. The molecule has 0 aromatic heterocycles. The van der Waals surface area contributed by atoms with Gasteiger partial charge in [0.15, 0.2) is 0 Å². The Labute approximate surface area is 162 Å². The highest BCUT2D eigenvalue weighted by molar-refractivity contribution is 5.78. The van der Waals surface area contributed by atoms with Crippen molar-refractivity contribution in [3.05, 3.63) is 65.5 Å². The van der Waals surface area contributed by atoms with Gasteiger partial charge in [0.25, 0.3) is 0 Å². The second-order valence-electron chi connectivity index (χ2n) is 7.46. The molecule has 27 heavy (non-hydrogen) atoms. The van der Waals surface area contributed by atoms with Crippen LogP contribution in [0.25, 0.3) is 0 Å². The first-order valence-corrected chi connectivity index (χ1v) is 9.27. The lowest BCUT2D eigenvalue weighted by molar-refractivity contribution is -0.129. The molecule has 5 heteroatoms. The monoisotopic (exact) mass is 371 g/mol. The van der Waals surface area contributed by atoms with Gasteiger partial charge in [-0.05, 0) is 41.3 Å². The van der Waals surface area contributed by atoms with Crippen LogP contribution in [0.4, 0.5) is 10.1 Å². The van der Waals surface area contributed by atoms with Crippen molar-refractivity contribution >= 4 is 11.6 Å². The van der Waals surface area contributed by atoms with Crippen LogP contribution in [-0.2, 0) is 11.3 Å². The quantitative estimate of drug-likeness (QED) is 0.766. The third kappa shape index (κ3) is 6.07. The maximum Gasteiger partial charge on any atom is 0.236 e. The van der Waals surface area contributed by atoms with Crippen molar-refractivity contribution in [3.8, 4) is 0 Å². The maximum absolute atomic E-state index is 13.2. The predicted octanol–water partition coefficient (Wildman–Crippen LogP) is 3.84. The molecule has 2 aromatic carbocycles. The first-order valence-electron chi connectivity index (χ1n) is 9.27. The minimum Gasteiger partial charge on any atom is -0.378 e. The topological polar surface area (TPSA) is 35.6 Å². The number of carbonyl (C=O) groups excluding carboxylic acids is 1. The predicted molar refractivity (Wildman–Crippen MR) is 109 cm³/mol. The summed E-state index contributed by atoms with van der Waals surface area (Å²) in [6.45, 7) is 4.98. The van der Waals surface area contributed by atoms with E-state index in [4.69, 9.17) is 0 Å². The van der Waals surface area contributed by atoms with Crippen LogP contribution >= 0.6 is 0 Å². The molecule has 0 bridgehead atoms. The summed E-state index contributed by atoms with van der Waals surface area (Å²) in [5.74, 6) is 0.0592. The van der Waals surface area contributed by atoms with Gasteiger partial charge < -0.3 is 15.1 Å². The second kappa shape index (κ2) is 9.51. The van der Waals surface area contributed by atoms with Gasteiger partial charge in [0.2, 0.25) is 5.91 Å². The van der Waals surface area contributed by atoms with E-state index in [1.54, 1.807) is 17.0 Å². The highest BCUT2D eigenvalue weighted by Gasteiger charge is 2.18. The normalized spacial score (nSPS) is 12.1. The Kier molecular flexibility index (Phi) is 7.36. The van der Waals surface area contributed by atoms with Gasteiger partial charge in [0.05, 0.1) is 6.54 Å². The van der Waals surface area contributed by atoms with E-state index < -0.39 is 0 Å². The fourth-order valence-corrected chi connectivity index (χ4v) is 3.00. The number of anilines is 1. The Hall–Kier alpha value is -2.40. The molecule has 2 aromatic rings. The summed E-state index contributed by atoms with van der Waals surface area (Å²) in [5, 5.41) is 3.33. The summed E-state index contributed by atoms with van der Waals surface area (Å²) in [4.78, 5) is 16.3. The summed E-state index contributed by atoms with van der Waals surface area (Å²) < 4.78 is 13.2. The number of carbonyl (C=O) groups is 1. The lowest BCUT2D eigenvalue weighted by Crippen LogP contribution is -2.38. The number of amides is 1. The lowest BCUT2D eigenvalue weighted by atomic mass is 9.96. The van der Waals surface area contributed by atoms with Crippen LogP contribution in [0.15, 0.2) is 48.5 Å². The van der Waals surface area contributed by atoms with Crippen molar-refractivity contribution in [1.82, 2.24) is 10.2 Å². The van der Waals surface area contributed by atoms with E-state index in [1.807, 2.05) is 38.2 Å². The van der Waals surface area contributed by atoms with E-state index in [9.17, 15) is 9.18 Å². The Bertz CT molecular complexity index is 726. The van der Waals surface area contributed by atoms with Crippen LogP contribution in [0, 0.1) is 11.7 Å².